The summed E-state index contributed by atoms with van der Waals surface area (Å²) in [6.07, 6.45) is -5.03. The minimum absolute atomic E-state index is 0.159. The molecule has 0 N–H and O–H groups in total. The van der Waals surface area contributed by atoms with Crippen LogP contribution >= 0.6 is 0 Å². The van der Waals surface area contributed by atoms with Gasteiger partial charge in [0.05, 0.1) is 0 Å². The van der Waals surface area contributed by atoms with Crippen molar-refractivity contribution in [1.82, 2.24) is 0 Å². The molecule has 0 spiro atoms. The Morgan fingerprint density at radius 1 is 0.812 bits per heavy atom. The Bertz CT molecular complexity index is 1020. The van der Waals surface area contributed by atoms with Gasteiger partial charge in [0.2, 0.25) is 0 Å². The Morgan fingerprint density at radius 2 is 1.38 bits per heavy atom. The van der Waals surface area contributed by atoms with Crippen molar-refractivity contribution in [2.45, 2.75) is 11.8 Å². The maximum atomic E-state index is 13.8. The van der Waals surface area contributed by atoms with E-state index in [0.29, 0.717) is 5.75 Å². The van der Waals surface area contributed by atoms with E-state index in [0.717, 1.165) is 30.4 Å². The third-order valence-corrected chi connectivity index (χ3v) is 4.79. The van der Waals surface area contributed by atoms with Crippen LogP contribution in [0.4, 0.5) is 17.6 Å². The third-order valence-electron chi connectivity index (χ3n) is 4.79. The topological polar surface area (TPSA) is 44.8 Å². The Hall–Kier alpha value is -3.39. The Kier molecular flexibility index (Phi) is 7.15. The van der Waals surface area contributed by atoms with Crippen molar-refractivity contribution in [2.75, 3.05) is 20.3 Å². The number of hydrogen-bond donors (Lipinski definition) is 0. The van der Waals surface area contributed by atoms with Gasteiger partial charge in [-0.25, -0.2) is 9.18 Å². The molecule has 0 saturated heterocycles. The minimum Gasteiger partial charge on any atom is -0.490 e. The van der Waals surface area contributed by atoms with Crippen molar-refractivity contribution >= 4 is 5.97 Å². The molecule has 168 valence electrons. The van der Waals surface area contributed by atoms with Gasteiger partial charge in [-0.2, -0.15) is 13.2 Å². The minimum atomic E-state index is -5.03. The van der Waals surface area contributed by atoms with Crippen LogP contribution in [-0.2, 0) is 19.9 Å². The largest absolute Gasteiger partial charge is 0.490 e. The number of methoxy groups -OCH3 is 1. The van der Waals surface area contributed by atoms with Gasteiger partial charge in [0.15, 0.2) is 0 Å². The lowest BCUT2D eigenvalue weighted by molar-refractivity contribution is -0.276. The lowest BCUT2D eigenvalue weighted by Gasteiger charge is -2.32. The highest BCUT2D eigenvalue weighted by Crippen LogP contribution is 2.42. The molecule has 0 saturated carbocycles. The van der Waals surface area contributed by atoms with Gasteiger partial charge >= 0.3 is 12.1 Å². The van der Waals surface area contributed by atoms with Gasteiger partial charge in [-0.3, -0.25) is 0 Å². The molecule has 0 radical (unpaired) electrons. The van der Waals surface area contributed by atoms with Crippen molar-refractivity contribution in [3.8, 4) is 16.9 Å². The van der Waals surface area contributed by atoms with Gasteiger partial charge in [0.25, 0.3) is 5.60 Å². The fraction of sp³-hybridized carbons (Fsp3) is 0.208. The average Bonchev–Trinajstić information content (AvgIpc) is 2.78. The maximum Gasteiger partial charge on any atom is 0.432 e. The van der Waals surface area contributed by atoms with E-state index >= 15 is 0 Å². The number of carbonyl (C=O) groups excluding carboxylic acids is 1. The number of ether oxygens (including phenoxy) is 3. The summed E-state index contributed by atoms with van der Waals surface area (Å²) in [7, 11) is 0.806. The zero-order valence-corrected chi connectivity index (χ0v) is 17.1. The molecule has 0 fully saturated rings. The predicted octanol–water partition coefficient (Wildman–Crippen LogP) is 5.52. The number of hydrogen-bond acceptors (Lipinski definition) is 4. The van der Waals surface area contributed by atoms with Crippen LogP contribution in [0.2, 0.25) is 0 Å². The quantitative estimate of drug-likeness (QED) is 0.259. The van der Waals surface area contributed by atoms with Gasteiger partial charge in [-0.15, -0.1) is 0 Å². The first-order valence-corrected chi connectivity index (χ1v) is 9.61. The highest BCUT2D eigenvalue weighted by atomic mass is 19.4. The first kappa shape index (κ1) is 23.3. The number of alkyl halides is 3. The van der Waals surface area contributed by atoms with Crippen LogP contribution in [0.25, 0.3) is 11.1 Å². The third kappa shape index (κ3) is 4.91. The monoisotopic (exact) mass is 448 g/mol. The van der Waals surface area contributed by atoms with E-state index < -0.39 is 24.4 Å². The first-order valence-electron chi connectivity index (χ1n) is 9.61. The van der Waals surface area contributed by atoms with Gasteiger partial charge in [0, 0.05) is 12.7 Å². The molecule has 3 aromatic rings. The second kappa shape index (κ2) is 9.82. The average molecular weight is 448 g/mol. The molecule has 0 aliphatic carbocycles. The standard InChI is InChI=1S/C24H20F4O4/c1-30-23(24(26,27)28,19-5-3-2-4-6-19)22(29)32-16-15-31-21-13-9-18(10-14-21)17-7-11-20(25)12-8-17/h2-14H,15-16H2,1H3/t23-/m1/s1. The molecule has 0 aliphatic heterocycles. The first-order chi connectivity index (χ1) is 15.3. The van der Waals surface area contributed by atoms with Crippen LogP contribution in [0.1, 0.15) is 5.56 Å². The zero-order chi connectivity index (χ0) is 23.2. The molecule has 0 heterocycles. The highest BCUT2D eigenvalue weighted by molar-refractivity contribution is 5.82. The van der Waals surface area contributed by atoms with E-state index in [2.05, 4.69) is 4.74 Å². The van der Waals surface area contributed by atoms with E-state index in [-0.39, 0.29) is 18.0 Å². The van der Waals surface area contributed by atoms with Crippen LogP contribution in [0.5, 0.6) is 5.75 Å². The molecular weight excluding hydrogens is 428 g/mol. The highest BCUT2D eigenvalue weighted by Gasteiger charge is 2.64. The number of carbonyl (C=O) groups is 1. The molecule has 0 unspecified atom stereocenters. The van der Waals surface area contributed by atoms with Gasteiger partial charge in [-0.05, 0) is 35.4 Å². The molecule has 3 rings (SSSR count). The summed E-state index contributed by atoms with van der Waals surface area (Å²) in [5.41, 5.74) is -1.96. The number of halogens is 4. The van der Waals surface area contributed by atoms with Crippen LogP contribution in [0, 0.1) is 5.82 Å². The van der Waals surface area contributed by atoms with Crippen LogP contribution < -0.4 is 4.74 Å². The molecule has 0 aromatic heterocycles. The van der Waals surface area contributed by atoms with E-state index in [9.17, 15) is 22.4 Å². The molecule has 32 heavy (non-hydrogen) atoms. The number of benzene rings is 3. The summed E-state index contributed by atoms with van der Waals surface area (Å²) in [5, 5.41) is 0. The SMILES string of the molecule is CO[C@@](C(=O)OCCOc1ccc(-c2ccc(F)cc2)cc1)(c1ccccc1)C(F)(F)F. The molecule has 1 atom stereocenters. The van der Waals surface area contributed by atoms with Crippen LogP contribution in [0.3, 0.4) is 0 Å². The lowest BCUT2D eigenvalue weighted by atomic mass is 9.93. The van der Waals surface area contributed by atoms with Crippen molar-refractivity contribution in [3.05, 3.63) is 90.2 Å². The summed E-state index contributed by atoms with van der Waals surface area (Å²) in [6.45, 7) is -0.569. The molecule has 3 aromatic carbocycles. The van der Waals surface area contributed by atoms with Gasteiger partial charge in [0.1, 0.15) is 24.8 Å². The maximum absolute atomic E-state index is 13.8. The molecular formula is C24H20F4O4. The van der Waals surface area contributed by atoms with E-state index in [1.165, 1.54) is 30.3 Å². The Morgan fingerprint density at radius 3 is 1.91 bits per heavy atom. The molecule has 0 bridgehead atoms. The van der Waals surface area contributed by atoms with Crippen molar-refractivity contribution in [2.24, 2.45) is 0 Å². The van der Waals surface area contributed by atoms with Crippen molar-refractivity contribution < 1.29 is 36.6 Å². The lowest BCUT2D eigenvalue weighted by Crippen LogP contribution is -2.52. The normalized spacial score (nSPS) is 13.3. The second-order valence-electron chi connectivity index (χ2n) is 6.76. The second-order valence-corrected chi connectivity index (χ2v) is 6.76. The van der Waals surface area contributed by atoms with E-state index in [1.54, 1.807) is 36.4 Å². The number of rotatable bonds is 8. The van der Waals surface area contributed by atoms with Gasteiger partial charge in [-0.1, -0.05) is 54.6 Å². The fourth-order valence-electron chi connectivity index (χ4n) is 3.17. The number of esters is 1. The fourth-order valence-corrected chi connectivity index (χ4v) is 3.17. The predicted molar refractivity (Wildman–Crippen MR) is 109 cm³/mol. The summed E-state index contributed by atoms with van der Waals surface area (Å²) in [4.78, 5) is 12.4. The molecule has 8 heteroatoms. The molecule has 0 amide bonds. The van der Waals surface area contributed by atoms with Crippen LogP contribution in [0.15, 0.2) is 78.9 Å². The van der Waals surface area contributed by atoms with Crippen LogP contribution in [-0.4, -0.2) is 32.5 Å². The van der Waals surface area contributed by atoms with E-state index in [4.69, 9.17) is 9.47 Å². The molecule has 4 nitrogen and oxygen atoms in total. The Balaban J connectivity index is 1.60. The summed E-state index contributed by atoms with van der Waals surface area (Å²) >= 11 is 0. The summed E-state index contributed by atoms with van der Waals surface area (Å²) < 4.78 is 69.4. The Labute approximate surface area is 182 Å². The van der Waals surface area contributed by atoms with Gasteiger partial charge < -0.3 is 14.2 Å². The van der Waals surface area contributed by atoms with Crippen molar-refractivity contribution in [1.29, 1.82) is 0 Å². The van der Waals surface area contributed by atoms with Crippen molar-refractivity contribution in [3.63, 3.8) is 0 Å². The zero-order valence-electron chi connectivity index (χ0n) is 17.1. The summed E-state index contributed by atoms with van der Waals surface area (Å²) in [6, 6.07) is 19.4. The summed E-state index contributed by atoms with van der Waals surface area (Å²) in [5.74, 6) is -1.48. The van der Waals surface area contributed by atoms with E-state index in [1.807, 2.05) is 0 Å². The smallest absolute Gasteiger partial charge is 0.432 e. The molecule has 0 aliphatic rings.